The highest BCUT2D eigenvalue weighted by Crippen LogP contribution is 2.04. The molecule has 0 fully saturated rings. The summed E-state index contributed by atoms with van der Waals surface area (Å²) in [6.07, 6.45) is 1.01. The molecule has 0 saturated carbocycles. The molecule has 1 aromatic rings. The van der Waals surface area contributed by atoms with Crippen molar-refractivity contribution in [2.45, 2.75) is 13.3 Å². The molecule has 0 bridgehead atoms. The van der Waals surface area contributed by atoms with E-state index in [4.69, 9.17) is 5.73 Å². The van der Waals surface area contributed by atoms with E-state index in [1.54, 1.807) is 0 Å². The van der Waals surface area contributed by atoms with Gasteiger partial charge in [0.15, 0.2) is 0 Å². The second-order valence-electron chi connectivity index (χ2n) is 3.11. The molecular formula is C10H17Cl2N3. The van der Waals surface area contributed by atoms with Gasteiger partial charge in [0.25, 0.3) is 0 Å². The molecule has 0 aromatic heterocycles. The fourth-order valence-corrected chi connectivity index (χ4v) is 1.24. The van der Waals surface area contributed by atoms with Crippen LogP contribution in [-0.4, -0.2) is 12.4 Å². The zero-order valence-electron chi connectivity index (χ0n) is 8.76. The Balaban J connectivity index is 0. The summed E-state index contributed by atoms with van der Waals surface area (Å²) in [5.74, 6) is 0.715. The summed E-state index contributed by atoms with van der Waals surface area (Å²) in [6, 6.07) is 8.23. The van der Waals surface area contributed by atoms with Crippen molar-refractivity contribution in [3.8, 4) is 0 Å². The first kappa shape index (κ1) is 16.7. The Hall–Kier alpha value is -0.770. The van der Waals surface area contributed by atoms with Crippen LogP contribution < -0.4 is 41.3 Å². The average Bonchev–Trinajstić information content (AvgIpc) is 2.04. The van der Waals surface area contributed by atoms with Crippen LogP contribution in [0.15, 0.2) is 24.3 Å². The largest absolute Gasteiger partial charge is 1.00 e. The monoisotopic (exact) mass is 249 g/mol. The lowest BCUT2D eigenvalue weighted by atomic mass is 10.1. The molecule has 0 heterocycles. The van der Waals surface area contributed by atoms with Crippen LogP contribution in [0.4, 0.5) is 5.69 Å². The molecule has 0 aliphatic heterocycles. The fraction of sp³-hybridized carbons (Fsp3) is 0.300. The van der Waals surface area contributed by atoms with Crippen molar-refractivity contribution in [1.29, 1.82) is 0 Å². The number of halogens is 2. The quantitative estimate of drug-likeness (QED) is 0.362. The lowest BCUT2D eigenvalue weighted by molar-refractivity contribution is -0.366. The van der Waals surface area contributed by atoms with Crippen molar-refractivity contribution in [2.75, 3.05) is 6.54 Å². The molecule has 0 spiro atoms. The lowest BCUT2D eigenvalue weighted by Gasteiger charge is -1.97. The number of nitrogens with two attached hydrogens (primary N) is 1. The van der Waals surface area contributed by atoms with Gasteiger partial charge in [0.1, 0.15) is 5.69 Å². The molecule has 0 amide bonds. The van der Waals surface area contributed by atoms with Gasteiger partial charge in [-0.15, -0.1) is 0 Å². The summed E-state index contributed by atoms with van der Waals surface area (Å²) in [6.45, 7) is 2.77. The molecule has 1 rings (SSSR count). The highest BCUT2D eigenvalue weighted by Gasteiger charge is 1.96. The van der Waals surface area contributed by atoms with Crippen molar-refractivity contribution >= 4 is 11.5 Å². The molecule has 0 radical (unpaired) electrons. The van der Waals surface area contributed by atoms with E-state index in [1.807, 2.05) is 19.1 Å². The number of quaternary nitrogens is 1. The van der Waals surface area contributed by atoms with Crippen LogP contribution in [0.3, 0.4) is 0 Å². The van der Waals surface area contributed by atoms with Crippen molar-refractivity contribution in [1.82, 2.24) is 0 Å². The first-order valence-corrected chi connectivity index (χ1v) is 4.46. The average molecular weight is 250 g/mol. The van der Waals surface area contributed by atoms with Gasteiger partial charge in [0.2, 0.25) is 5.84 Å². The van der Waals surface area contributed by atoms with Crippen molar-refractivity contribution in [3.05, 3.63) is 29.8 Å². The predicted molar refractivity (Wildman–Crippen MR) is 53.4 cm³/mol. The van der Waals surface area contributed by atoms with Gasteiger partial charge in [0.05, 0.1) is 6.54 Å². The second-order valence-corrected chi connectivity index (χ2v) is 3.11. The molecule has 0 aliphatic rings. The van der Waals surface area contributed by atoms with Crippen molar-refractivity contribution in [3.63, 3.8) is 0 Å². The van der Waals surface area contributed by atoms with Gasteiger partial charge < -0.3 is 30.5 Å². The number of rotatable bonds is 3. The van der Waals surface area contributed by atoms with Crippen LogP contribution in [0.1, 0.15) is 12.5 Å². The van der Waals surface area contributed by atoms with Gasteiger partial charge in [-0.2, -0.15) is 0 Å². The summed E-state index contributed by atoms with van der Waals surface area (Å²) >= 11 is 0. The fourth-order valence-electron chi connectivity index (χ4n) is 1.24. The van der Waals surface area contributed by atoms with Gasteiger partial charge in [-0.1, -0.05) is 12.1 Å². The maximum atomic E-state index is 5.54. The van der Waals surface area contributed by atoms with Gasteiger partial charge >= 0.3 is 0 Å². The molecule has 3 nitrogen and oxygen atoms in total. The Morgan fingerprint density at radius 2 is 2.07 bits per heavy atom. The summed E-state index contributed by atoms with van der Waals surface area (Å²) in [4.78, 5) is 3.08. The minimum atomic E-state index is 0. The van der Waals surface area contributed by atoms with E-state index in [0.717, 1.165) is 18.7 Å². The van der Waals surface area contributed by atoms with Crippen molar-refractivity contribution < 1.29 is 35.5 Å². The van der Waals surface area contributed by atoms with Gasteiger partial charge in [-0.3, -0.25) is 5.73 Å². The van der Waals surface area contributed by atoms with Gasteiger partial charge in [-0.25, -0.2) is 4.99 Å². The van der Waals surface area contributed by atoms with Crippen LogP contribution >= 0.6 is 0 Å². The molecule has 0 atom stereocenters. The van der Waals surface area contributed by atoms with E-state index < -0.39 is 0 Å². The van der Waals surface area contributed by atoms with E-state index in [1.165, 1.54) is 5.56 Å². The van der Waals surface area contributed by atoms with E-state index in [0.29, 0.717) is 5.84 Å². The third kappa shape index (κ3) is 6.33. The van der Waals surface area contributed by atoms with Gasteiger partial charge in [0, 0.05) is 13.3 Å². The Labute approximate surface area is 103 Å². The highest BCUT2D eigenvalue weighted by atomic mass is 35.5. The maximum Gasteiger partial charge on any atom is 0.242 e. The number of hydrogen-bond donors (Lipinski definition) is 3. The van der Waals surface area contributed by atoms with Crippen LogP contribution in [0.2, 0.25) is 0 Å². The zero-order chi connectivity index (χ0) is 9.68. The molecule has 1 aromatic carbocycles. The molecule has 6 N–H and O–H groups in total. The Morgan fingerprint density at radius 3 is 2.60 bits per heavy atom. The minimum absolute atomic E-state index is 0. The topological polar surface area (TPSA) is 67.6 Å². The maximum absolute atomic E-state index is 5.54. The van der Waals surface area contributed by atoms with E-state index in [-0.39, 0.29) is 24.8 Å². The summed E-state index contributed by atoms with van der Waals surface area (Å²) in [5.41, 5.74) is 11.7. The first-order valence-electron chi connectivity index (χ1n) is 4.46. The number of nitrogens with one attached hydrogen (secondary N) is 1. The van der Waals surface area contributed by atoms with Crippen molar-refractivity contribution in [2.24, 2.45) is 5.73 Å². The lowest BCUT2D eigenvalue weighted by Crippen LogP contribution is -3.00. The molecule has 15 heavy (non-hydrogen) atoms. The number of benzene rings is 1. The van der Waals surface area contributed by atoms with Crippen LogP contribution in [0.5, 0.6) is 0 Å². The van der Waals surface area contributed by atoms with E-state index >= 15 is 0 Å². The Kier molecular flexibility index (Phi) is 9.47. The first-order chi connectivity index (χ1) is 6.22. The normalized spacial score (nSPS) is 10.1. The Morgan fingerprint density at radius 1 is 1.40 bits per heavy atom. The third-order valence-electron chi connectivity index (χ3n) is 1.73. The van der Waals surface area contributed by atoms with E-state index in [9.17, 15) is 0 Å². The zero-order valence-corrected chi connectivity index (χ0v) is 10.3. The minimum Gasteiger partial charge on any atom is -1.00 e. The molecular weight excluding hydrogens is 233 g/mol. The molecule has 0 unspecified atom stereocenters. The standard InChI is InChI=1S/C10H15N3.2ClH/c1-8(12)13-10-4-2-3-9(7-10)5-6-11;;/h2-4,7H,5-6,11H2,1H3,(H2,12,13);2*1H. The number of hydrogen-bond acceptors (Lipinski definition) is 0. The predicted octanol–water partition coefficient (Wildman–Crippen LogP) is -7.43. The molecule has 0 aliphatic carbocycles. The molecule has 5 heteroatoms. The third-order valence-corrected chi connectivity index (χ3v) is 1.73. The smallest absolute Gasteiger partial charge is 0.242 e. The summed E-state index contributed by atoms with van der Waals surface area (Å²) in [7, 11) is 0. The van der Waals surface area contributed by atoms with E-state index in [2.05, 4.69) is 22.9 Å². The van der Waals surface area contributed by atoms with Crippen LogP contribution in [0.25, 0.3) is 0 Å². The highest BCUT2D eigenvalue weighted by molar-refractivity contribution is 5.72. The van der Waals surface area contributed by atoms with Crippen LogP contribution in [0, 0.1) is 0 Å². The SMILES string of the molecule is CC(N)=[NH+]c1cccc(CC[NH3+])c1.[Cl-].[Cl-]. The summed E-state index contributed by atoms with van der Waals surface area (Å²) in [5, 5.41) is 0. The summed E-state index contributed by atoms with van der Waals surface area (Å²) < 4.78 is 0. The van der Waals surface area contributed by atoms with Crippen LogP contribution in [-0.2, 0) is 6.42 Å². The second kappa shape index (κ2) is 8.53. The van der Waals surface area contributed by atoms with Gasteiger partial charge in [-0.05, 0) is 17.7 Å². The Bertz CT molecular complexity index is 309. The molecule has 0 saturated heterocycles. The number of amidine groups is 1. The molecule has 86 valence electrons.